The molecule has 1 aromatic carbocycles. The Morgan fingerprint density at radius 2 is 2.09 bits per heavy atom. The molecule has 6 nitrogen and oxygen atoms in total. The second-order valence-corrected chi connectivity index (χ2v) is 8.28. The standard InChI is InChI=1S/C16H18N2O4S/c1-16(7-8-23(20,21)10-16)18-14(19)13-9-11-5-3-4-6-12(11)15(17-13)22-2/h3-6,9H,7-8,10H2,1-2H3,(H,18,19)/t16-/m1/s1. The molecule has 1 N–H and O–H groups in total. The molecule has 0 spiro atoms. The highest BCUT2D eigenvalue weighted by atomic mass is 32.2. The van der Waals surface area contributed by atoms with Crippen LogP contribution in [0.5, 0.6) is 5.88 Å². The van der Waals surface area contributed by atoms with E-state index in [1.54, 1.807) is 13.0 Å². The molecule has 0 aliphatic carbocycles. The first-order chi connectivity index (χ1) is 10.8. The van der Waals surface area contributed by atoms with E-state index in [0.717, 1.165) is 10.8 Å². The number of nitrogens with zero attached hydrogens (tertiary/aromatic N) is 1. The predicted octanol–water partition coefficient (Wildman–Crippen LogP) is 1.55. The summed E-state index contributed by atoms with van der Waals surface area (Å²) in [4.78, 5) is 16.7. The van der Waals surface area contributed by atoms with Crippen molar-refractivity contribution in [2.75, 3.05) is 18.6 Å². The maximum absolute atomic E-state index is 12.5. The van der Waals surface area contributed by atoms with Gasteiger partial charge in [-0.2, -0.15) is 0 Å². The summed E-state index contributed by atoms with van der Waals surface area (Å²) in [5.74, 6) is 0.0282. The van der Waals surface area contributed by atoms with Gasteiger partial charge in [-0.1, -0.05) is 18.2 Å². The van der Waals surface area contributed by atoms with Gasteiger partial charge in [0.25, 0.3) is 5.91 Å². The Morgan fingerprint density at radius 1 is 1.35 bits per heavy atom. The normalized spacial score (nSPS) is 22.9. The van der Waals surface area contributed by atoms with E-state index in [2.05, 4.69) is 10.3 Å². The zero-order chi connectivity index (χ0) is 16.7. The Balaban J connectivity index is 1.92. The summed E-state index contributed by atoms with van der Waals surface area (Å²) in [6.07, 6.45) is 0.409. The second-order valence-electron chi connectivity index (χ2n) is 6.09. The van der Waals surface area contributed by atoms with Crippen LogP contribution in [0, 0.1) is 0 Å². The summed E-state index contributed by atoms with van der Waals surface area (Å²) in [6, 6.07) is 9.16. The minimum atomic E-state index is -3.09. The van der Waals surface area contributed by atoms with Gasteiger partial charge in [0.15, 0.2) is 9.84 Å². The summed E-state index contributed by atoms with van der Waals surface area (Å²) >= 11 is 0. The highest BCUT2D eigenvalue weighted by Gasteiger charge is 2.39. The lowest BCUT2D eigenvalue weighted by molar-refractivity contribution is 0.0909. The van der Waals surface area contributed by atoms with Gasteiger partial charge < -0.3 is 10.1 Å². The number of sulfone groups is 1. The van der Waals surface area contributed by atoms with Crippen molar-refractivity contribution in [3.05, 3.63) is 36.0 Å². The number of ether oxygens (including phenoxy) is 1. The lowest BCUT2D eigenvalue weighted by Gasteiger charge is -2.23. The maximum Gasteiger partial charge on any atom is 0.270 e. The first-order valence-electron chi connectivity index (χ1n) is 7.29. The molecule has 7 heteroatoms. The predicted molar refractivity (Wildman–Crippen MR) is 87.4 cm³/mol. The highest BCUT2D eigenvalue weighted by Crippen LogP contribution is 2.26. The topological polar surface area (TPSA) is 85.4 Å². The zero-order valence-corrected chi connectivity index (χ0v) is 13.8. The van der Waals surface area contributed by atoms with Crippen molar-refractivity contribution in [3.63, 3.8) is 0 Å². The number of methoxy groups -OCH3 is 1. The minimum Gasteiger partial charge on any atom is -0.481 e. The van der Waals surface area contributed by atoms with Gasteiger partial charge in [0.2, 0.25) is 5.88 Å². The number of aromatic nitrogens is 1. The summed E-state index contributed by atoms with van der Waals surface area (Å²) < 4.78 is 28.6. The molecule has 0 saturated carbocycles. The van der Waals surface area contributed by atoms with E-state index < -0.39 is 21.3 Å². The average molecular weight is 334 g/mol. The van der Waals surface area contributed by atoms with Crippen LogP contribution in [0.25, 0.3) is 10.8 Å². The Morgan fingerprint density at radius 3 is 2.74 bits per heavy atom. The number of pyridine rings is 1. The van der Waals surface area contributed by atoms with Crippen molar-refractivity contribution >= 4 is 26.5 Å². The molecule has 0 bridgehead atoms. The molecular weight excluding hydrogens is 316 g/mol. The van der Waals surface area contributed by atoms with Crippen LogP contribution in [0.1, 0.15) is 23.8 Å². The number of hydrogen-bond acceptors (Lipinski definition) is 5. The van der Waals surface area contributed by atoms with Gasteiger partial charge in [0.1, 0.15) is 5.69 Å². The summed E-state index contributed by atoms with van der Waals surface area (Å²) in [5.41, 5.74) is -0.540. The summed E-state index contributed by atoms with van der Waals surface area (Å²) in [7, 11) is -1.59. The molecule has 1 amide bonds. The monoisotopic (exact) mass is 334 g/mol. The molecule has 1 fully saturated rings. The number of benzene rings is 1. The fourth-order valence-electron chi connectivity index (χ4n) is 2.89. The van der Waals surface area contributed by atoms with Crippen LogP contribution >= 0.6 is 0 Å². The van der Waals surface area contributed by atoms with E-state index in [9.17, 15) is 13.2 Å². The van der Waals surface area contributed by atoms with E-state index in [0.29, 0.717) is 12.3 Å². The molecule has 1 aliphatic heterocycles. The van der Waals surface area contributed by atoms with Gasteiger partial charge in [-0.3, -0.25) is 4.79 Å². The Hall–Kier alpha value is -2.15. The van der Waals surface area contributed by atoms with Crippen molar-refractivity contribution < 1.29 is 17.9 Å². The number of carbonyl (C=O) groups is 1. The number of carbonyl (C=O) groups excluding carboxylic acids is 1. The van der Waals surface area contributed by atoms with Crippen LogP contribution in [0.3, 0.4) is 0 Å². The van der Waals surface area contributed by atoms with E-state index in [4.69, 9.17) is 4.74 Å². The fourth-order valence-corrected chi connectivity index (χ4v) is 4.98. The molecule has 1 saturated heterocycles. The lowest BCUT2D eigenvalue weighted by Crippen LogP contribution is -2.47. The molecule has 122 valence electrons. The SMILES string of the molecule is COc1nc(C(=O)N[C@]2(C)CCS(=O)(=O)C2)cc2ccccc12. The number of nitrogens with one attached hydrogen (secondary N) is 1. The Kier molecular flexibility index (Phi) is 3.75. The first-order valence-corrected chi connectivity index (χ1v) is 9.11. The van der Waals surface area contributed by atoms with Crippen LogP contribution in [0.2, 0.25) is 0 Å². The third-order valence-corrected chi connectivity index (χ3v) is 5.95. The van der Waals surface area contributed by atoms with Crippen molar-refractivity contribution in [2.45, 2.75) is 18.9 Å². The molecule has 2 heterocycles. The van der Waals surface area contributed by atoms with Crippen LogP contribution in [0.4, 0.5) is 0 Å². The first kappa shape index (κ1) is 15.7. The molecule has 1 atom stereocenters. The van der Waals surface area contributed by atoms with Crippen LogP contribution < -0.4 is 10.1 Å². The third-order valence-electron chi connectivity index (χ3n) is 4.05. The van der Waals surface area contributed by atoms with Gasteiger partial charge in [0, 0.05) is 5.39 Å². The Bertz CT molecular complexity index is 879. The zero-order valence-electron chi connectivity index (χ0n) is 13.0. The largest absolute Gasteiger partial charge is 0.481 e. The molecule has 3 rings (SSSR count). The smallest absolute Gasteiger partial charge is 0.270 e. The van der Waals surface area contributed by atoms with Gasteiger partial charge in [0.05, 0.1) is 24.2 Å². The van der Waals surface area contributed by atoms with Crippen LogP contribution in [-0.4, -0.2) is 43.5 Å². The molecular formula is C16H18N2O4S. The summed E-state index contributed by atoms with van der Waals surface area (Å²) in [5, 5.41) is 4.47. The lowest BCUT2D eigenvalue weighted by atomic mass is 10.0. The Labute approximate surface area is 134 Å². The van der Waals surface area contributed by atoms with Gasteiger partial charge >= 0.3 is 0 Å². The maximum atomic E-state index is 12.5. The molecule has 1 aromatic heterocycles. The second kappa shape index (κ2) is 5.49. The van der Waals surface area contributed by atoms with Crippen molar-refractivity contribution in [2.24, 2.45) is 0 Å². The van der Waals surface area contributed by atoms with Crippen molar-refractivity contribution in [1.82, 2.24) is 10.3 Å². The van der Waals surface area contributed by atoms with E-state index >= 15 is 0 Å². The number of fused-ring (bicyclic) bond motifs is 1. The number of rotatable bonds is 3. The molecule has 2 aromatic rings. The van der Waals surface area contributed by atoms with Gasteiger partial charge in [-0.25, -0.2) is 13.4 Å². The van der Waals surface area contributed by atoms with Crippen LogP contribution in [0.15, 0.2) is 30.3 Å². The quantitative estimate of drug-likeness (QED) is 0.920. The van der Waals surface area contributed by atoms with E-state index in [1.165, 1.54) is 7.11 Å². The van der Waals surface area contributed by atoms with Crippen molar-refractivity contribution in [1.29, 1.82) is 0 Å². The average Bonchev–Trinajstić information content (AvgIpc) is 2.79. The van der Waals surface area contributed by atoms with Crippen molar-refractivity contribution in [3.8, 4) is 5.88 Å². The highest BCUT2D eigenvalue weighted by molar-refractivity contribution is 7.91. The number of hydrogen-bond donors (Lipinski definition) is 1. The van der Waals surface area contributed by atoms with Crippen LogP contribution in [-0.2, 0) is 9.84 Å². The molecule has 0 unspecified atom stereocenters. The molecule has 0 radical (unpaired) electrons. The van der Waals surface area contributed by atoms with Gasteiger partial charge in [-0.05, 0) is 30.9 Å². The van der Waals surface area contributed by atoms with Gasteiger partial charge in [-0.15, -0.1) is 0 Å². The van der Waals surface area contributed by atoms with E-state index in [1.807, 2.05) is 24.3 Å². The fraction of sp³-hybridized carbons (Fsp3) is 0.375. The van der Waals surface area contributed by atoms with E-state index in [-0.39, 0.29) is 17.2 Å². The summed E-state index contributed by atoms with van der Waals surface area (Å²) in [6.45, 7) is 1.74. The molecule has 1 aliphatic rings. The minimum absolute atomic E-state index is 0.0452. The number of amides is 1. The third kappa shape index (κ3) is 3.14. The molecule has 23 heavy (non-hydrogen) atoms.